The minimum atomic E-state index is 0.0729. The molecule has 0 fully saturated rings. The SMILES string of the molecule is CC(C)(C)c1cccc(N(c2ccccc2)c2ccc3cc4c(cc3c2)-c2cc3cc(-c5ccccc5)ccc3cc2-4)c1. The highest BCUT2D eigenvalue weighted by Gasteiger charge is 2.24. The normalized spacial score (nSPS) is 12.1. The van der Waals surface area contributed by atoms with Gasteiger partial charge in [-0.15, -0.1) is 0 Å². The summed E-state index contributed by atoms with van der Waals surface area (Å²) in [6.45, 7) is 6.82. The molecule has 0 saturated heterocycles. The van der Waals surface area contributed by atoms with Crippen molar-refractivity contribution in [2.24, 2.45) is 0 Å². The third kappa shape index (κ3) is 4.40. The average Bonchev–Trinajstić information content (AvgIpc) is 3.04. The first kappa shape index (κ1) is 25.6. The van der Waals surface area contributed by atoms with Gasteiger partial charge in [-0.2, -0.15) is 0 Å². The van der Waals surface area contributed by atoms with Gasteiger partial charge in [0.25, 0.3) is 0 Å². The quantitative estimate of drug-likeness (QED) is 0.210. The minimum Gasteiger partial charge on any atom is -0.310 e. The fourth-order valence-corrected chi connectivity index (χ4v) is 6.50. The van der Waals surface area contributed by atoms with E-state index in [9.17, 15) is 0 Å². The molecule has 0 unspecified atom stereocenters. The van der Waals surface area contributed by atoms with E-state index < -0.39 is 0 Å². The number of fused-ring (bicyclic) bond motifs is 6. The second kappa shape index (κ2) is 9.71. The molecule has 1 nitrogen and oxygen atoms in total. The van der Waals surface area contributed by atoms with Crippen LogP contribution in [0.5, 0.6) is 0 Å². The lowest BCUT2D eigenvalue weighted by Gasteiger charge is -2.29. The van der Waals surface area contributed by atoms with Gasteiger partial charge < -0.3 is 4.90 Å². The third-order valence-electron chi connectivity index (χ3n) is 8.87. The van der Waals surface area contributed by atoms with Crippen LogP contribution in [0.25, 0.3) is 54.9 Å². The van der Waals surface area contributed by atoms with Crippen LogP contribution in [0.1, 0.15) is 26.3 Å². The maximum absolute atomic E-state index is 2.39. The predicted octanol–water partition coefficient (Wildman–Crippen LogP) is 12.1. The zero-order valence-electron chi connectivity index (χ0n) is 24.8. The Kier molecular flexibility index (Phi) is 5.77. The molecule has 0 aromatic heterocycles. The Hall–Kier alpha value is -5.14. The van der Waals surface area contributed by atoms with E-state index in [0.29, 0.717) is 0 Å². The van der Waals surface area contributed by atoms with E-state index in [1.54, 1.807) is 0 Å². The molecule has 0 saturated carbocycles. The molecule has 0 amide bonds. The largest absolute Gasteiger partial charge is 0.310 e. The van der Waals surface area contributed by atoms with E-state index in [1.165, 1.54) is 66.2 Å². The summed E-state index contributed by atoms with van der Waals surface area (Å²) in [5.41, 5.74) is 12.8. The summed E-state index contributed by atoms with van der Waals surface area (Å²) in [7, 11) is 0. The van der Waals surface area contributed by atoms with Gasteiger partial charge in [-0.05, 0) is 133 Å². The first-order valence-corrected chi connectivity index (χ1v) is 15.1. The van der Waals surface area contributed by atoms with Crippen molar-refractivity contribution in [3.05, 3.63) is 151 Å². The van der Waals surface area contributed by atoms with E-state index in [2.05, 4.69) is 171 Å². The van der Waals surface area contributed by atoms with Crippen LogP contribution in [0, 0.1) is 0 Å². The van der Waals surface area contributed by atoms with E-state index in [4.69, 9.17) is 0 Å². The van der Waals surface area contributed by atoms with E-state index in [-0.39, 0.29) is 5.41 Å². The first-order chi connectivity index (χ1) is 20.9. The molecule has 43 heavy (non-hydrogen) atoms. The summed E-state index contributed by atoms with van der Waals surface area (Å²) >= 11 is 0. The van der Waals surface area contributed by atoms with Gasteiger partial charge in [0.2, 0.25) is 0 Å². The van der Waals surface area contributed by atoms with Crippen molar-refractivity contribution < 1.29 is 0 Å². The molecular weight excluding hydrogens is 518 g/mol. The van der Waals surface area contributed by atoms with Crippen LogP contribution in [0.4, 0.5) is 17.1 Å². The smallest absolute Gasteiger partial charge is 0.0468 e. The second-order valence-corrected chi connectivity index (χ2v) is 12.7. The highest BCUT2D eigenvalue weighted by Crippen LogP contribution is 2.51. The summed E-state index contributed by atoms with van der Waals surface area (Å²) in [5.74, 6) is 0. The number of hydrogen-bond donors (Lipinski definition) is 0. The topological polar surface area (TPSA) is 3.24 Å². The van der Waals surface area contributed by atoms with Gasteiger partial charge in [0.05, 0.1) is 0 Å². The van der Waals surface area contributed by atoms with Gasteiger partial charge in [0, 0.05) is 17.1 Å². The highest BCUT2D eigenvalue weighted by atomic mass is 15.1. The molecule has 0 radical (unpaired) electrons. The van der Waals surface area contributed by atoms with Crippen molar-refractivity contribution in [2.45, 2.75) is 26.2 Å². The number of hydrogen-bond acceptors (Lipinski definition) is 1. The van der Waals surface area contributed by atoms with Crippen molar-refractivity contribution in [1.82, 2.24) is 0 Å². The monoisotopic (exact) mass is 551 g/mol. The van der Waals surface area contributed by atoms with Gasteiger partial charge >= 0.3 is 0 Å². The number of benzene rings is 7. The van der Waals surface area contributed by atoms with E-state index >= 15 is 0 Å². The molecule has 0 bridgehead atoms. The molecule has 7 aromatic carbocycles. The summed E-state index contributed by atoms with van der Waals surface area (Å²) in [6.07, 6.45) is 0. The standard InChI is InChI=1S/C42H33N/c1-42(2,3)34-13-10-16-36(27-34)43(35-14-8-5-9-15-35)37-20-19-31-24-39-38-23-30-18-17-29(28-11-6-4-7-12-28)21-32(30)25-40(38)41(39)26-33(31)22-37/h4-27H,1-3H3. The Morgan fingerprint density at radius 2 is 0.907 bits per heavy atom. The lowest BCUT2D eigenvalue weighted by molar-refractivity contribution is 0.590. The summed E-state index contributed by atoms with van der Waals surface area (Å²) < 4.78 is 0. The first-order valence-electron chi connectivity index (χ1n) is 15.1. The molecular formula is C42H33N. The van der Waals surface area contributed by atoms with Crippen LogP contribution in [0.2, 0.25) is 0 Å². The Balaban J connectivity index is 1.23. The Bertz CT molecular complexity index is 2150. The van der Waals surface area contributed by atoms with Crippen LogP contribution in [-0.4, -0.2) is 0 Å². The molecule has 206 valence electrons. The maximum atomic E-state index is 2.39. The van der Waals surface area contributed by atoms with Crippen molar-refractivity contribution in [3.63, 3.8) is 0 Å². The van der Waals surface area contributed by atoms with Crippen LogP contribution < -0.4 is 4.90 Å². The Morgan fingerprint density at radius 3 is 1.56 bits per heavy atom. The van der Waals surface area contributed by atoms with Gasteiger partial charge in [-0.25, -0.2) is 0 Å². The molecule has 1 aliphatic carbocycles. The lowest BCUT2D eigenvalue weighted by Crippen LogP contribution is -2.14. The Morgan fingerprint density at radius 1 is 0.372 bits per heavy atom. The van der Waals surface area contributed by atoms with Gasteiger partial charge in [0.15, 0.2) is 0 Å². The average molecular weight is 552 g/mol. The molecule has 7 aromatic rings. The van der Waals surface area contributed by atoms with E-state index in [0.717, 1.165) is 11.4 Å². The molecule has 1 aliphatic rings. The van der Waals surface area contributed by atoms with Crippen molar-refractivity contribution >= 4 is 38.6 Å². The summed E-state index contributed by atoms with van der Waals surface area (Å²) in [4.78, 5) is 2.38. The lowest BCUT2D eigenvalue weighted by atomic mass is 9.77. The number of anilines is 3. The highest BCUT2D eigenvalue weighted by molar-refractivity contribution is 6.12. The molecule has 1 heteroatoms. The maximum Gasteiger partial charge on any atom is 0.0468 e. The zero-order chi connectivity index (χ0) is 29.1. The fourth-order valence-electron chi connectivity index (χ4n) is 6.50. The fraction of sp³-hybridized carbons (Fsp3) is 0.0952. The predicted molar refractivity (Wildman–Crippen MR) is 185 cm³/mol. The summed E-state index contributed by atoms with van der Waals surface area (Å²) in [6, 6.07) is 53.5. The van der Waals surface area contributed by atoms with Gasteiger partial charge in [0.1, 0.15) is 0 Å². The number of para-hydroxylation sites is 1. The molecule has 0 N–H and O–H groups in total. The van der Waals surface area contributed by atoms with E-state index in [1.807, 2.05) is 0 Å². The van der Waals surface area contributed by atoms with Crippen molar-refractivity contribution in [1.29, 1.82) is 0 Å². The van der Waals surface area contributed by atoms with Crippen LogP contribution in [0.3, 0.4) is 0 Å². The van der Waals surface area contributed by atoms with Crippen molar-refractivity contribution in [3.8, 4) is 33.4 Å². The summed E-state index contributed by atoms with van der Waals surface area (Å²) in [5, 5.41) is 5.10. The zero-order valence-corrected chi connectivity index (χ0v) is 24.8. The number of rotatable bonds is 4. The molecule has 0 heterocycles. The van der Waals surface area contributed by atoms with Gasteiger partial charge in [-0.1, -0.05) is 99.6 Å². The molecule has 0 aliphatic heterocycles. The van der Waals surface area contributed by atoms with Crippen LogP contribution in [0.15, 0.2) is 146 Å². The number of nitrogens with zero attached hydrogens (tertiary/aromatic N) is 1. The molecule has 0 atom stereocenters. The molecule has 8 rings (SSSR count). The van der Waals surface area contributed by atoms with Crippen molar-refractivity contribution in [2.75, 3.05) is 4.90 Å². The van der Waals surface area contributed by atoms with Gasteiger partial charge in [-0.3, -0.25) is 0 Å². The van der Waals surface area contributed by atoms with Crippen LogP contribution >= 0.6 is 0 Å². The third-order valence-corrected chi connectivity index (χ3v) is 8.87. The second-order valence-electron chi connectivity index (χ2n) is 12.7. The van der Waals surface area contributed by atoms with Crippen LogP contribution in [-0.2, 0) is 5.41 Å². The minimum absolute atomic E-state index is 0.0729. The molecule has 0 spiro atoms. The Labute approximate surface area is 253 Å².